The van der Waals surface area contributed by atoms with Crippen LogP contribution in [0, 0.1) is 46.3 Å². The zero-order valence-corrected chi connectivity index (χ0v) is 21.7. The van der Waals surface area contributed by atoms with Gasteiger partial charge >= 0.3 is 6.09 Å². The lowest BCUT2D eigenvalue weighted by atomic mass is 9.50. The van der Waals surface area contributed by atoms with Crippen molar-refractivity contribution in [3.63, 3.8) is 0 Å². The lowest BCUT2D eigenvalue weighted by Crippen LogP contribution is -2.46. The first-order chi connectivity index (χ1) is 15.4. The molecule has 0 saturated heterocycles. The third-order valence-corrected chi connectivity index (χ3v) is 10.0. The predicted molar refractivity (Wildman–Crippen MR) is 136 cm³/mol. The van der Waals surface area contributed by atoms with Gasteiger partial charge in [0.15, 0.2) is 0 Å². The average molecular weight is 458 g/mol. The summed E-state index contributed by atoms with van der Waals surface area (Å²) in [5.74, 6) is 4.38. The van der Waals surface area contributed by atoms with E-state index in [0.29, 0.717) is 22.7 Å². The third kappa shape index (κ3) is 5.11. The minimum atomic E-state index is -1.33. The van der Waals surface area contributed by atoms with E-state index >= 15 is 0 Å². The van der Waals surface area contributed by atoms with Gasteiger partial charge in [0.25, 0.3) is 0 Å². The number of hydrogen-bond acceptors (Lipinski definition) is 2. The Labute approximate surface area is 201 Å². The second-order valence-corrected chi connectivity index (χ2v) is 12.2. The molecule has 4 heteroatoms. The quantitative estimate of drug-likeness (QED) is 0.399. The van der Waals surface area contributed by atoms with Gasteiger partial charge in [0.1, 0.15) is 0 Å². The monoisotopic (exact) mass is 457 g/mol. The summed E-state index contributed by atoms with van der Waals surface area (Å²) in [6, 6.07) is 0. The largest absolute Gasteiger partial charge is 0.465 e. The van der Waals surface area contributed by atoms with Crippen LogP contribution in [0.2, 0.25) is 0 Å². The fraction of sp³-hybridized carbons (Fsp3) is 0.759. The molecule has 0 radical (unpaired) electrons. The Morgan fingerprint density at radius 2 is 1.70 bits per heavy atom. The number of aliphatic hydroxyl groups is 1. The van der Waals surface area contributed by atoms with Gasteiger partial charge in [0.2, 0.25) is 0 Å². The minimum Gasteiger partial charge on any atom is -0.465 e. The van der Waals surface area contributed by atoms with Crippen molar-refractivity contribution in [2.75, 3.05) is 0 Å². The molecule has 0 heterocycles. The van der Waals surface area contributed by atoms with E-state index in [0.717, 1.165) is 36.5 Å². The maximum absolute atomic E-state index is 10.2. The van der Waals surface area contributed by atoms with Gasteiger partial charge in [-0.25, -0.2) is 4.79 Å². The summed E-state index contributed by atoms with van der Waals surface area (Å²) >= 11 is 0. The van der Waals surface area contributed by atoms with Crippen LogP contribution in [0.3, 0.4) is 0 Å². The van der Waals surface area contributed by atoms with Crippen molar-refractivity contribution in [1.29, 1.82) is 0 Å². The highest BCUT2D eigenvalue weighted by Crippen LogP contribution is 2.65. The highest BCUT2D eigenvalue weighted by Gasteiger charge is 2.56. The smallest absolute Gasteiger partial charge is 0.402 e. The second-order valence-electron chi connectivity index (χ2n) is 12.2. The van der Waals surface area contributed by atoms with Crippen LogP contribution in [-0.2, 0) is 0 Å². The molecule has 0 aromatic rings. The van der Waals surface area contributed by atoms with Crippen molar-refractivity contribution in [2.45, 2.75) is 92.6 Å². The number of fused-ring (bicyclic) bond motifs is 5. The average Bonchev–Trinajstić information content (AvgIpc) is 3.09. The van der Waals surface area contributed by atoms with Gasteiger partial charge in [-0.2, -0.15) is 0 Å². The molecule has 4 aliphatic rings. The summed E-state index contributed by atoms with van der Waals surface area (Å²) < 4.78 is 0. The van der Waals surface area contributed by atoms with Crippen molar-refractivity contribution >= 4 is 6.09 Å². The number of nitrogens with two attached hydrogens (primary N) is 1. The van der Waals surface area contributed by atoms with Crippen molar-refractivity contribution in [1.82, 2.24) is 0 Å². The third-order valence-electron chi connectivity index (χ3n) is 10.0. The van der Waals surface area contributed by atoms with E-state index in [-0.39, 0.29) is 6.10 Å². The molecule has 0 spiro atoms. The van der Waals surface area contributed by atoms with Crippen LogP contribution in [0.25, 0.3) is 0 Å². The van der Waals surface area contributed by atoms with E-state index in [4.69, 9.17) is 9.90 Å². The Balaban J connectivity index is 0.000000709. The molecule has 0 aromatic heterocycles. The van der Waals surface area contributed by atoms with Crippen LogP contribution in [0.1, 0.15) is 86.5 Å². The summed E-state index contributed by atoms with van der Waals surface area (Å²) in [4.78, 5) is 8.78. The highest BCUT2D eigenvalue weighted by atomic mass is 16.4. The first kappa shape index (κ1) is 26.1. The molecule has 0 aliphatic heterocycles. The molecule has 4 N–H and O–H groups in total. The number of hydrogen-bond donors (Lipinski definition) is 3. The summed E-state index contributed by atoms with van der Waals surface area (Å²) in [6.07, 6.45) is 17.1. The molecule has 0 aromatic carbocycles. The van der Waals surface area contributed by atoms with Gasteiger partial charge in [0, 0.05) is 0 Å². The number of aliphatic hydroxyl groups excluding tert-OH is 1. The van der Waals surface area contributed by atoms with E-state index in [2.05, 4.69) is 71.6 Å². The number of rotatable bonds is 4. The van der Waals surface area contributed by atoms with Crippen LogP contribution in [0.5, 0.6) is 0 Å². The van der Waals surface area contributed by atoms with Crippen molar-refractivity contribution in [3.8, 4) is 0 Å². The van der Waals surface area contributed by atoms with Gasteiger partial charge in [-0.15, -0.1) is 0 Å². The first-order valence-corrected chi connectivity index (χ1v) is 13.2. The second kappa shape index (κ2) is 9.98. The molecule has 0 bridgehead atoms. The van der Waals surface area contributed by atoms with Gasteiger partial charge in [-0.3, -0.25) is 0 Å². The molecule has 8 atom stereocenters. The molecule has 1 amide bonds. The van der Waals surface area contributed by atoms with Crippen LogP contribution >= 0.6 is 0 Å². The predicted octanol–water partition coefficient (Wildman–Crippen LogP) is 6.95. The number of allylic oxidation sites excluding steroid dienone is 5. The molecule has 33 heavy (non-hydrogen) atoms. The topological polar surface area (TPSA) is 83.5 Å². The Morgan fingerprint density at radius 3 is 2.33 bits per heavy atom. The van der Waals surface area contributed by atoms with Gasteiger partial charge in [-0.05, 0) is 91.3 Å². The summed E-state index contributed by atoms with van der Waals surface area (Å²) in [5, 5.41) is 17.4. The summed E-state index contributed by atoms with van der Waals surface area (Å²) in [6.45, 7) is 14.6. The molecular formula is C29H47NO3. The van der Waals surface area contributed by atoms with Crippen molar-refractivity contribution < 1.29 is 15.0 Å². The van der Waals surface area contributed by atoms with E-state index in [1.165, 1.54) is 37.7 Å². The highest BCUT2D eigenvalue weighted by molar-refractivity contribution is 5.61. The number of carbonyl (C=O) groups is 1. The maximum atomic E-state index is 10.2. The Hall–Kier alpha value is -1.55. The molecule has 3 fully saturated rings. The lowest BCUT2D eigenvalue weighted by molar-refractivity contribution is 0.0382. The molecular weight excluding hydrogens is 410 g/mol. The molecule has 3 saturated carbocycles. The normalized spacial score (nSPS) is 39.4. The number of amides is 1. The van der Waals surface area contributed by atoms with Gasteiger partial charge in [0.05, 0.1) is 6.10 Å². The van der Waals surface area contributed by atoms with Gasteiger partial charge < -0.3 is 15.9 Å². The zero-order chi connectivity index (χ0) is 24.6. The molecule has 4 rings (SSSR count). The van der Waals surface area contributed by atoms with Crippen LogP contribution in [0.15, 0.2) is 35.5 Å². The van der Waals surface area contributed by atoms with E-state index in [9.17, 15) is 5.11 Å². The minimum absolute atomic E-state index is 0.116. The SMILES string of the molecule is CC(C)[C@@H](C)/C=C/[C@@H](C)[C@H]1CC[C@H]2C3=CC=C4C[C@@H](O)CC[C@]4(C)[C@H]3CC[C@]12C.NC(=O)O. The Bertz CT molecular complexity index is 808. The molecule has 186 valence electrons. The summed E-state index contributed by atoms with van der Waals surface area (Å²) in [7, 11) is 0. The van der Waals surface area contributed by atoms with E-state index in [1.807, 2.05) is 0 Å². The van der Waals surface area contributed by atoms with Crippen molar-refractivity contribution in [2.24, 2.45) is 52.1 Å². The van der Waals surface area contributed by atoms with E-state index in [1.54, 1.807) is 5.57 Å². The molecule has 4 nitrogen and oxygen atoms in total. The number of carboxylic acid groups (broad SMARTS) is 1. The molecule has 0 unspecified atom stereocenters. The van der Waals surface area contributed by atoms with Crippen molar-refractivity contribution in [3.05, 3.63) is 35.5 Å². The maximum Gasteiger partial charge on any atom is 0.402 e. The van der Waals surface area contributed by atoms with Crippen LogP contribution in [-0.4, -0.2) is 22.4 Å². The lowest BCUT2D eigenvalue weighted by Gasteiger charge is -2.55. The Kier molecular flexibility index (Phi) is 7.88. The van der Waals surface area contributed by atoms with Crippen LogP contribution < -0.4 is 5.73 Å². The Morgan fingerprint density at radius 1 is 1.03 bits per heavy atom. The molecule has 4 aliphatic carbocycles. The van der Waals surface area contributed by atoms with Gasteiger partial charge in [-0.1, -0.05) is 77.0 Å². The number of primary amides is 1. The fourth-order valence-corrected chi connectivity index (χ4v) is 7.59. The zero-order valence-electron chi connectivity index (χ0n) is 21.7. The fourth-order valence-electron chi connectivity index (χ4n) is 7.59. The standard InChI is InChI=1S/C28H44O.CH3NO2/c1-18(2)19(3)7-8-20(4)24-11-12-25-23-10-9-21-17-22(29)13-15-27(21,5)26(23)14-16-28(24,25)6;2-1(3)4/h7-10,18-20,22,24-26,29H,11-17H2,1-6H3;2H2,(H,3,4)/b8-7+;/t19-,20+,22-,24+,25-,26-,27-,28+;/m0./s1. The first-order valence-electron chi connectivity index (χ1n) is 13.2. The summed E-state index contributed by atoms with van der Waals surface area (Å²) in [5.41, 5.74) is 8.10. The van der Waals surface area contributed by atoms with E-state index < -0.39 is 6.09 Å². The van der Waals surface area contributed by atoms with Crippen LogP contribution in [0.4, 0.5) is 4.79 Å².